The highest BCUT2D eigenvalue weighted by atomic mass is 35.5. The van der Waals surface area contributed by atoms with Crippen molar-refractivity contribution in [2.24, 2.45) is 0 Å². The third kappa shape index (κ3) is 3.98. The highest BCUT2D eigenvalue weighted by Gasteiger charge is 2.14. The third-order valence-corrected chi connectivity index (χ3v) is 5.48. The molecule has 0 amide bonds. The maximum absolute atomic E-state index is 11.4. The number of fused-ring (bicyclic) bond motifs is 2. The second kappa shape index (κ2) is 8.49. The van der Waals surface area contributed by atoms with E-state index in [1.807, 2.05) is 36.5 Å². The Morgan fingerprint density at radius 3 is 2.75 bits per heavy atom. The lowest BCUT2D eigenvalue weighted by atomic mass is 10.0. The molecular weight excluding hydrogens is 449 g/mol. The zero-order valence-electron chi connectivity index (χ0n) is 16.8. The van der Waals surface area contributed by atoms with Gasteiger partial charge in [0.1, 0.15) is 5.75 Å². The van der Waals surface area contributed by atoms with Gasteiger partial charge in [-0.25, -0.2) is 9.78 Å². The van der Waals surface area contributed by atoms with Gasteiger partial charge in [0.25, 0.3) is 6.01 Å². The molecule has 0 atom stereocenters. The monoisotopic (exact) mass is 465 g/mol. The van der Waals surface area contributed by atoms with Crippen molar-refractivity contribution in [3.63, 3.8) is 0 Å². The first-order chi connectivity index (χ1) is 15.0. The van der Waals surface area contributed by atoms with Crippen LogP contribution in [0.5, 0.6) is 11.8 Å². The average molecular weight is 466 g/mol. The van der Waals surface area contributed by atoms with Crippen LogP contribution in [0.3, 0.4) is 0 Å². The van der Waals surface area contributed by atoms with Gasteiger partial charge in [-0.3, -0.25) is 0 Å². The van der Waals surface area contributed by atoms with Gasteiger partial charge in [0.2, 0.25) is 5.52 Å². The van der Waals surface area contributed by atoms with Crippen LogP contribution in [0.1, 0.15) is 15.9 Å². The molecule has 0 fully saturated rings. The number of carbonyl (C=O) groups is 1. The highest BCUT2D eigenvalue weighted by molar-refractivity contribution is 6.34. The Labute approximate surface area is 194 Å². The molecular formula is C24H17Cl2N3O3. The first-order valence-corrected chi connectivity index (χ1v) is 9.97. The highest BCUT2D eigenvalue weighted by Crippen LogP contribution is 2.33. The minimum absolute atomic E-state index is 0. The molecule has 2 heterocycles. The van der Waals surface area contributed by atoms with Crippen molar-refractivity contribution in [2.45, 2.75) is 6.92 Å². The SMILES string of the molecule is Cc1ccc(Oc2nc3cc(-c4c[nH+]c5ccccc5c4)c(Cl)cc3[nH]2)cc1C(=O)O.[Cl-]. The van der Waals surface area contributed by atoms with Crippen LogP contribution in [0, 0.1) is 6.92 Å². The van der Waals surface area contributed by atoms with Gasteiger partial charge in [0.15, 0.2) is 6.20 Å². The number of nitrogens with one attached hydrogen (secondary N) is 2. The third-order valence-electron chi connectivity index (χ3n) is 5.17. The van der Waals surface area contributed by atoms with E-state index in [-0.39, 0.29) is 24.0 Å². The van der Waals surface area contributed by atoms with Crippen LogP contribution in [0.4, 0.5) is 0 Å². The predicted molar refractivity (Wildman–Crippen MR) is 119 cm³/mol. The lowest BCUT2D eigenvalue weighted by Crippen LogP contribution is -3.00. The molecule has 32 heavy (non-hydrogen) atoms. The molecule has 160 valence electrons. The molecule has 0 spiro atoms. The number of para-hydroxylation sites is 1. The number of pyridine rings is 1. The van der Waals surface area contributed by atoms with Crippen molar-refractivity contribution in [2.75, 3.05) is 0 Å². The van der Waals surface area contributed by atoms with Crippen molar-refractivity contribution >= 4 is 39.5 Å². The summed E-state index contributed by atoms with van der Waals surface area (Å²) in [4.78, 5) is 22.2. The quantitative estimate of drug-likeness (QED) is 0.426. The van der Waals surface area contributed by atoms with E-state index < -0.39 is 5.97 Å². The Bertz CT molecular complexity index is 1480. The Balaban J connectivity index is 0.00000245. The topological polar surface area (TPSA) is 89.4 Å². The van der Waals surface area contributed by atoms with Crippen molar-refractivity contribution in [1.82, 2.24) is 9.97 Å². The minimum atomic E-state index is -1.00. The van der Waals surface area contributed by atoms with E-state index in [9.17, 15) is 9.90 Å². The van der Waals surface area contributed by atoms with Gasteiger partial charge in [-0.15, -0.1) is 0 Å². The molecule has 8 heteroatoms. The van der Waals surface area contributed by atoms with E-state index >= 15 is 0 Å². The van der Waals surface area contributed by atoms with Crippen molar-refractivity contribution < 1.29 is 32.0 Å². The fourth-order valence-electron chi connectivity index (χ4n) is 3.56. The van der Waals surface area contributed by atoms with Gasteiger partial charge in [0, 0.05) is 22.6 Å². The Morgan fingerprint density at radius 2 is 1.94 bits per heavy atom. The second-order valence-corrected chi connectivity index (χ2v) is 7.66. The van der Waals surface area contributed by atoms with Crippen LogP contribution in [0.2, 0.25) is 5.02 Å². The number of nitrogens with zero attached hydrogens (tertiary/aromatic N) is 1. The van der Waals surface area contributed by atoms with Crippen molar-refractivity contribution in [3.05, 3.63) is 83.0 Å². The van der Waals surface area contributed by atoms with Gasteiger partial charge in [-0.05, 0) is 48.9 Å². The predicted octanol–water partition coefficient (Wildman–Crippen LogP) is 2.65. The minimum Gasteiger partial charge on any atom is -1.00 e. The summed E-state index contributed by atoms with van der Waals surface area (Å²) in [6.45, 7) is 1.74. The maximum Gasteiger partial charge on any atom is 0.336 e. The molecule has 0 saturated heterocycles. The number of ether oxygens (including phenoxy) is 1. The average Bonchev–Trinajstić information content (AvgIpc) is 3.15. The van der Waals surface area contributed by atoms with Crippen LogP contribution >= 0.6 is 11.6 Å². The number of aromatic carboxylic acids is 1. The molecule has 0 radical (unpaired) electrons. The fraction of sp³-hybridized carbons (Fsp3) is 0.0417. The van der Waals surface area contributed by atoms with E-state index in [0.717, 1.165) is 27.5 Å². The number of hydrogen-bond donors (Lipinski definition) is 2. The number of carboxylic acids is 1. The summed E-state index contributed by atoms with van der Waals surface area (Å²) >= 11 is 6.56. The van der Waals surface area contributed by atoms with E-state index in [0.29, 0.717) is 21.9 Å². The molecule has 5 rings (SSSR count). The lowest BCUT2D eigenvalue weighted by molar-refractivity contribution is -0.343. The van der Waals surface area contributed by atoms with Crippen LogP contribution < -0.4 is 22.1 Å². The molecule has 2 aromatic heterocycles. The van der Waals surface area contributed by atoms with Crippen molar-refractivity contribution in [3.8, 4) is 22.9 Å². The zero-order valence-corrected chi connectivity index (χ0v) is 18.3. The Hall–Kier alpha value is -3.61. The summed E-state index contributed by atoms with van der Waals surface area (Å²) in [7, 11) is 0. The molecule has 0 saturated carbocycles. The maximum atomic E-state index is 11.4. The van der Waals surface area contributed by atoms with E-state index in [2.05, 4.69) is 21.0 Å². The summed E-state index contributed by atoms with van der Waals surface area (Å²) in [5, 5.41) is 11.0. The summed E-state index contributed by atoms with van der Waals surface area (Å²) in [6.07, 6.45) is 1.92. The molecule has 0 aliphatic rings. The molecule has 3 N–H and O–H groups in total. The van der Waals surface area contributed by atoms with Crippen LogP contribution in [0.15, 0.2) is 66.9 Å². The molecule has 0 bridgehead atoms. The second-order valence-electron chi connectivity index (χ2n) is 7.25. The number of hydrogen-bond acceptors (Lipinski definition) is 3. The number of aromatic nitrogens is 3. The number of benzene rings is 3. The van der Waals surface area contributed by atoms with Gasteiger partial charge < -0.3 is 27.2 Å². The summed E-state index contributed by atoms with van der Waals surface area (Å²) in [6, 6.07) is 18.9. The first-order valence-electron chi connectivity index (χ1n) is 9.60. The smallest absolute Gasteiger partial charge is 0.336 e. The van der Waals surface area contributed by atoms with Crippen LogP contribution in [-0.2, 0) is 0 Å². The largest absolute Gasteiger partial charge is 1.00 e. The number of halogens is 2. The normalized spacial score (nSPS) is 10.8. The number of rotatable bonds is 4. The number of H-pyrrole nitrogens is 2. The van der Waals surface area contributed by atoms with Crippen molar-refractivity contribution in [1.29, 1.82) is 0 Å². The lowest BCUT2D eigenvalue weighted by Gasteiger charge is -2.05. The fourth-order valence-corrected chi connectivity index (χ4v) is 3.83. The van der Waals surface area contributed by atoms with Gasteiger partial charge >= 0.3 is 5.97 Å². The van der Waals surface area contributed by atoms with Gasteiger partial charge in [-0.1, -0.05) is 29.8 Å². The zero-order chi connectivity index (χ0) is 21.5. The van der Waals surface area contributed by atoms with Gasteiger partial charge in [-0.2, -0.15) is 4.98 Å². The number of aromatic amines is 2. The molecule has 3 aromatic carbocycles. The van der Waals surface area contributed by atoms with Gasteiger partial charge in [0.05, 0.1) is 21.6 Å². The van der Waals surface area contributed by atoms with E-state index in [1.54, 1.807) is 25.1 Å². The molecule has 0 unspecified atom stereocenters. The molecule has 0 aliphatic heterocycles. The Morgan fingerprint density at radius 1 is 1.12 bits per heavy atom. The number of imidazole rings is 1. The summed E-state index contributed by atoms with van der Waals surface area (Å²) in [5.41, 5.74) is 5.09. The van der Waals surface area contributed by atoms with E-state index in [1.165, 1.54) is 6.07 Å². The Kier molecular flexibility index (Phi) is 5.74. The number of carboxylic acid groups (broad SMARTS) is 1. The van der Waals surface area contributed by atoms with E-state index in [4.69, 9.17) is 16.3 Å². The number of aryl methyl sites for hydroxylation is 1. The molecule has 6 nitrogen and oxygen atoms in total. The summed E-state index contributed by atoms with van der Waals surface area (Å²) < 4.78 is 5.77. The first kappa shape index (κ1) is 21.6. The molecule has 0 aliphatic carbocycles. The summed E-state index contributed by atoms with van der Waals surface area (Å²) in [5.74, 6) is -0.617. The standard InChI is InChI=1S/C24H16ClN3O3.ClH/c1-13-6-7-16(9-17(13)23(29)30)31-24-27-21-10-18(19(25)11-22(21)28-24)15-8-14-4-2-3-5-20(14)26-12-15;/h2-12H,1H3,(H,27,28)(H,29,30);1H. The van der Waals surface area contributed by atoms with Crippen LogP contribution in [-0.4, -0.2) is 21.0 Å². The molecule has 5 aromatic rings. The van der Waals surface area contributed by atoms with Crippen LogP contribution in [0.25, 0.3) is 33.1 Å².